The van der Waals surface area contributed by atoms with Gasteiger partial charge in [-0.05, 0) is 6.42 Å². The van der Waals surface area contributed by atoms with E-state index in [9.17, 15) is 18.3 Å². The maximum Gasteiger partial charge on any atom is 0.455 e. The second-order valence-electron chi connectivity index (χ2n) is 3.11. The second kappa shape index (κ2) is 2.63. The first-order valence-corrected chi connectivity index (χ1v) is 3.93. The number of aromatic nitrogens is 2. The Morgan fingerprint density at radius 3 is 2.93 bits per heavy atom. The zero-order valence-electron chi connectivity index (χ0n) is 6.93. The lowest BCUT2D eigenvalue weighted by Crippen LogP contribution is -2.52. The van der Waals surface area contributed by atoms with Crippen LogP contribution >= 0.6 is 0 Å². The molecule has 0 saturated heterocycles. The number of ether oxygens (including phenoxy) is 1. The van der Waals surface area contributed by atoms with Gasteiger partial charge >= 0.3 is 12.0 Å². The summed E-state index contributed by atoms with van der Waals surface area (Å²) in [5.41, 5.74) is 0.541. The fourth-order valence-corrected chi connectivity index (χ4v) is 1.29. The van der Waals surface area contributed by atoms with E-state index in [0.29, 0.717) is 5.56 Å². The molecule has 7 heteroatoms. The van der Waals surface area contributed by atoms with Crippen LogP contribution in [0, 0.1) is 0 Å². The summed E-state index contributed by atoms with van der Waals surface area (Å²) in [5.74, 6) is -3.21. The Hall–Kier alpha value is -1.24. The molecule has 1 aromatic heterocycles. The van der Waals surface area contributed by atoms with E-state index in [1.165, 1.54) is 6.20 Å². The summed E-state index contributed by atoms with van der Waals surface area (Å²) in [7, 11) is 0. The average molecular weight is 208 g/mol. The van der Waals surface area contributed by atoms with Crippen LogP contribution in [-0.2, 0) is 6.42 Å². The number of H-pyrrole nitrogens is 1. The molecule has 0 aliphatic carbocycles. The van der Waals surface area contributed by atoms with Crippen LogP contribution in [-0.4, -0.2) is 27.3 Å². The zero-order chi connectivity index (χ0) is 10.4. The minimum Gasteiger partial charge on any atom is -0.436 e. The Morgan fingerprint density at radius 2 is 2.29 bits per heavy atom. The van der Waals surface area contributed by atoms with Gasteiger partial charge < -0.3 is 9.84 Å². The molecule has 0 amide bonds. The molecule has 2 rings (SSSR count). The van der Waals surface area contributed by atoms with Crippen molar-refractivity contribution < 1.29 is 23.0 Å². The number of aliphatic hydroxyl groups is 1. The maximum absolute atomic E-state index is 12.3. The van der Waals surface area contributed by atoms with Crippen molar-refractivity contribution in [2.75, 3.05) is 0 Å². The first kappa shape index (κ1) is 9.32. The highest BCUT2D eigenvalue weighted by Gasteiger charge is 2.58. The third kappa shape index (κ3) is 1.24. The summed E-state index contributed by atoms with van der Waals surface area (Å²) in [5, 5.41) is 15.0. The topological polar surface area (TPSA) is 58.1 Å². The molecule has 1 atom stereocenters. The number of nitrogens with one attached hydrogen (secondary N) is 1. The minimum atomic E-state index is -4.80. The summed E-state index contributed by atoms with van der Waals surface area (Å²) < 4.78 is 41.4. The fourth-order valence-electron chi connectivity index (χ4n) is 1.29. The van der Waals surface area contributed by atoms with Gasteiger partial charge in [0.15, 0.2) is 0 Å². The van der Waals surface area contributed by atoms with E-state index in [0.717, 1.165) is 0 Å². The molecule has 1 aromatic rings. The first-order chi connectivity index (χ1) is 6.42. The van der Waals surface area contributed by atoms with Crippen LogP contribution in [0.5, 0.6) is 5.88 Å². The van der Waals surface area contributed by atoms with Gasteiger partial charge in [0.2, 0.25) is 5.88 Å². The van der Waals surface area contributed by atoms with E-state index >= 15 is 0 Å². The van der Waals surface area contributed by atoms with Gasteiger partial charge in [-0.3, -0.25) is 0 Å². The predicted octanol–water partition coefficient (Wildman–Crippen LogP) is 0.986. The Kier molecular flexibility index (Phi) is 1.75. The number of aromatic amines is 1. The van der Waals surface area contributed by atoms with Gasteiger partial charge in [-0.1, -0.05) is 0 Å². The average Bonchev–Trinajstić information content (AvgIpc) is 2.48. The van der Waals surface area contributed by atoms with Crippen LogP contribution in [0.25, 0.3) is 0 Å². The van der Waals surface area contributed by atoms with E-state index in [1.54, 1.807) is 0 Å². The van der Waals surface area contributed by atoms with Crippen LogP contribution in [0.1, 0.15) is 12.0 Å². The van der Waals surface area contributed by atoms with E-state index in [2.05, 4.69) is 14.9 Å². The van der Waals surface area contributed by atoms with Crippen molar-refractivity contribution in [2.45, 2.75) is 24.8 Å². The number of hydrogen-bond donors (Lipinski definition) is 2. The molecular formula is C7H7F3N2O2. The highest BCUT2D eigenvalue weighted by atomic mass is 19.4. The molecule has 14 heavy (non-hydrogen) atoms. The molecule has 0 bridgehead atoms. The Bertz CT molecular complexity index is 349. The molecule has 78 valence electrons. The van der Waals surface area contributed by atoms with Crippen molar-refractivity contribution in [2.24, 2.45) is 0 Å². The molecule has 0 fully saturated rings. The van der Waals surface area contributed by atoms with Gasteiger partial charge in [0, 0.05) is 12.0 Å². The Labute approximate surface area is 76.7 Å². The first-order valence-electron chi connectivity index (χ1n) is 3.93. The van der Waals surface area contributed by atoms with Gasteiger partial charge in [-0.15, -0.1) is 0 Å². The molecule has 0 saturated carbocycles. The molecule has 2 heterocycles. The Balaban J connectivity index is 2.30. The molecular weight excluding hydrogens is 201 g/mol. The Morgan fingerprint density at radius 1 is 1.57 bits per heavy atom. The maximum atomic E-state index is 12.3. The molecule has 0 aromatic carbocycles. The highest BCUT2D eigenvalue weighted by Crippen LogP contribution is 2.40. The number of nitrogens with zero attached hydrogens (tertiary/aromatic N) is 1. The van der Waals surface area contributed by atoms with Crippen molar-refractivity contribution in [3.63, 3.8) is 0 Å². The van der Waals surface area contributed by atoms with Crippen molar-refractivity contribution in [1.29, 1.82) is 0 Å². The van der Waals surface area contributed by atoms with E-state index in [4.69, 9.17) is 0 Å². The number of rotatable bonds is 0. The minimum absolute atomic E-state index is 0.0852. The summed E-state index contributed by atoms with van der Waals surface area (Å²) in [6, 6.07) is 0. The third-order valence-corrected chi connectivity index (χ3v) is 2.13. The molecule has 2 N–H and O–H groups in total. The number of aryl methyl sites for hydroxylation is 1. The summed E-state index contributed by atoms with van der Waals surface area (Å²) in [4.78, 5) is 0. The SMILES string of the molecule is OC1(C(F)(F)F)CCc2cn[nH]c2O1. The van der Waals surface area contributed by atoms with Crippen molar-refractivity contribution in [3.05, 3.63) is 11.8 Å². The highest BCUT2D eigenvalue weighted by molar-refractivity contribution is 5.26. The van der Waals surface area contributed by atoms with Crippen LogP contribution in [0.4, 0.5) is 13.2 Å². The van der Waals surface area contributed by atoms with Crippen LogP contribution in [0.15, 0.2) is 6.20 Å². The number of alkyl halides is 3. The van der Waals surface area contributed by atoms with Crippen molar-refractivity contribution in [3.8, 4) is 5.88 Å². The van der Waals surface area contributed by atoms with Crippen LogP contribution in [0.3, 0.4) is 0 Å². The smallest absolute Gasteiger partial charge is 0.436 e. The summed E-state index contributed by atoms with van der Waals surface area (Å²) in [6.45, 7) is 0. The quantitative estimate of drug-likeness (QED) is 0.668. The lowest BCUT2D eigenvalue weighted by atomic mass is 10.0. The number of fused-ring (bicyclic) bond motifs is 1. The van der Waals surface area contributed by atoms with Crippen molar-refractivity contribution >= 4 is 0 Å². The van der Waals surface area contributed by atoms with Crippen LogP contribution < -0.4 is 4.74 Å². The third-order valence-electron chi connectivity index (χ3n) is 2.13. The van der Waals surface area contributed by atoms with E-state index in [1.807, 2.05) is 0 Å². The van der Waals surface area contributed by atoms with Gasteiger partial charge in [-0.2, -0.15) is 18.3 Å². The number of hydrogen-bond acceptors (Lipinski definition) is 3. The van der Waals surface area contributed by atoms with E-state index in [-0.39, 0.29) is 12.3 Å². The molecule has 1 aliphatic rings. The monoisotopic (exact) mass is 208 g/mol. The van der Waals surface area contributed by atoms with Crippen LogP contribution in [0.2, 0.25) is 0 Å². The lowest BCUT2D eigenvalue weighted by molar-refractivity contribution is -0.341. The molecule has 4 nitrogen and oxygen atoms in total. The molecule has 1 aliphatic heterocycles. The summed E-state index contributed by atoms with van der Waals surface area (Å²) >= 11 is 0. The lowest BCUT2D eigenvalue weighted by Gasteiger charge is -2.33. The van der Waals surface area contributed by atoms with Gasteiger partial charge in [-0.25, -0.2) is 5.10 Å². The summed E-state index contributed by atoms with van der Waals surface area (Å²) in [6.07, 6.45) is -3.84. The molecule has 0 radical (unpaired) electrons. The predicted molar refractivity (Wildman–Crippen MR) is 38.5 cm³/mol. The van der Waals surface area contributed by atoms with Gasteiger partial charge in [0.1, 0.15) is 0 Å². The van der Waals surface area contributed by atoms with Crippen molar-refractivity contribution in [1.82, 2.24) is 10.2 Å². The molecule has 1 unspecified atom stereocenters. The van der Waals surface area contributed by atoms with E-state index < -0.39 is 18.4 Å². The largest absolute Gasteiger partial charge is 0.455 e. The molecule has 0 spiro atoms. The normalized spacial score (nSPS) is 26.9. The zero-order valence-corrected chi connectivity index (χ0v) is 6.93. The second-order valence-corrected chi connectivity index (χ2v) is 3.11. The standard InChI is InChI=1S/C7H7F3N2O2/c8-7(9,10)6(13)2-1-4-3-11-12-5(4)14-6/h3,13H,1-2H2,(H,11,12). The van der Waals surface area contributed by atoms with Gasteiger partial charge in [0.25, 0.3) is 0 Å². The van der Waals surface area contributed by atoms with Gasteiger partial charge in [0.05, 0.1) is 6.20 Å². The fraction of sp³-hybridized carbons (Fsp3) is 0.571. The number of halogens is 3.